The quantitative estimate of drug-likeness (QED) is 0.947. The Morgan fingerprint density at radius 1 is 1.23 bits per heavy atom. The van der Waals surface area contributed by atoms with Crippen molar-refractivity contribution in [3.63, 3.8) is 0 Å². The Balaban J connectivity index is 1.85. The zero-order valence-corrected chi connectivity index (χ0v) is 13.4. The van der Waals surface area contributed by atoms with Crippen LogP contribution >= 0.6 is 0 Å². The molecule has 5 nitrogen and oxygen atoms in total. The first-order valence-corrected chi connectivity index (χ1v) is 7.48. The van der Waals surface area contributed by atoms with Crippen molar-refractivity contribution in [2.75, 3.05) is 13.2 Å². The zero-order chi connectivity index (χ0) is 15.9. The lowest BCUT2D eigenvalue weighted by Crippen LogP contribution is -2.49. The van der Waals surface area contributed by atoms with Crippen molar-refractivity contribution in [2.45, 2.75) is 39.5 Å². The van der Waals surface area contributed by atoms with Crippen LogP contribution in [-0.2, 0) is 9.47 Å². The number of nitrogens with one attached hydrogen (secondary N) is 1. The summed E-state index contributed by atoms with van der Waals surface area (Å²) in [5.74, 6) is -0.961. The first kappa shape index (κ1) is 15.1. The van der Waals surface area contributed by atoms with Gasteiger partial charge in [0.1, 0.15) is 11.8 Å². The minimum atomic E-state index is -0.776. The fraction of sp³-hybridized carbons (Fsp3) is 0.471. The molecule has 1 fully saturated rings. The molecule has 1 saturated heterocycles. The van der Waals surface area contributed by atoms with Crippen LogP contribution in [0.25, 0.3) is 11.0 Å². The number of ether oxygens (including phenoxy) is 2. The lowest BCUT2D eigenvalue weighted by atomic mass is 10.0. The standard InChI is InChI=1S/C17H21NO4/c1-10-7-13-14(9-20-15(13)8-11(10)2)16(19)18-12(3)17(4)21-5-6-22-17/h7-9,12H,5-6H2,1-4H3,(H,18,19). The predicted octanol–water partition coefficient (Wildman–Crippen LogP) is 2.93. The molecule has 2 heterocycles. The molecular weight excluding hydrogens is 282 g/mol. The summed E-state index contributed by atoms with van der Waals surface area (Å²) in [6.07, 6.45) is 1.50. The maximum atomic E-state index is 12.5. The number of benzene rings is 1. The van der Waals surface area contributed by atoms with Gasteiger partial charge in [0.05, 0.1) is 24.8 Å². The van der Waals surface area contributed by atoms with Crippen molar-refractivity contribution in [1.82, 2.24) is 5.32 Å². The van der Waals surface area contributed by atoms with Gasteiger partial charge in [0.15, 0.2) is 5.79 Å². The minimum absolute atomic E-state index is 0.185. The van der Waals surface area contributed by atoms with E-state index in [1.807, 2.05) is 39.8 Å². The van der Waals surface area contributed by atoms with E-state index in [1.54, 1.807) is 0 Å². The van der Waals surface area contributed by atoms with E-state index in [1.165, 1.54) is 6.26 Å². The van der Waals surface area contributed by atoms with E-state index in [9.17, 15) is 4.79 Å². The topological polar surface area (TPSA) is 60.7 Å². The van der Waals surface area contributed by atoms with Gasteiger partial charge in [-0.05, 0) is 51.0 Å². The first-order valence-electron chi connectivity index (χ1n) is 7.48. The molecule has 1 aliphatic rings. The molecule has 0 spiro atoms. The second-order valence-electron chi connectivity index (χ2n) is 5.99. The SMILES string of the molecule is Cc1cc2occ(C(=O)NC(C)C3(C)OCCO3)c2cc1C. The number of hydrogen-bond acceptors (Lipinski definition) is 4. The predicted molar refractivity (Wildman–Crippen MR) is 82.9 cm³/mol. The Kier molecular flexibility index (Phi) is 3.70. The van der Waals surface area contributed by atoms with Crippen LogP contribution in [0.15, 0.2) is 22.8 Å². The Morgan fingerprint density at radius 3 is 2.55 bits per heavy atom. The van der Waals surface area contributed by atoms with Gasteiger partial charge >= 0.3 is 0 Å². The summed E-state index contributed by atoms with van der Waals surface area (Å²) in [4.78, 5) is 12.5. The van der Waals surface area contributed by atoms with E-state index < -0.39 is 5.79 Å². The summed E-state index contributed by atoms with van der Waals surface area (Å²) in [6, 6.07) is 3.67. The van der Waals surface area contributed by atoms with Gasteiger partial charge in [0, 0.05) is 5.39 Å². The van der Waals surface area contributed by atoms with Gasteiger partial charge in [-0.15, -0.1) is 0 Å². The Bertz CT molecular complexity index is 713. The molecule has 0 bridgehead atoms. The minimum Gasteiger partial charge on any atom is -0.463 e. The van der Waals surface area contributed by atoms with Gasteiger partial charge in [-0.1, -0.05) is 0 Å². The first-order chi connectivity index (χ1) is 10.4. The van der Waals surface area contributed by atoms with Crippen LogP contribution in [0.2, 0.25) is 0 Å². The number of carbonyl (C=O) groups is 1. The van der Waals surface area contributed by atoms with Crippen LogP contribution in [0.5, 0.6) is 0 Å². The third-order valence-corrected chi connectivity index (χ3v) is 4.43. The van der Waals surface area contributed by atoms with Gasteiger partial charge < -0.3 is 19.2 Å². The number of carbonyl (C=O) groups excluding carboxylic acids is 1. The van der Waals surface area contributed by atoms with E-state index >= 15 is 0 Å². The molecule has 0 radical (unpaired) electrons. The molecule has 118 valence electrons. The number of hydrogen-bond donors (Lipinski definition) is 1. The Morgan fingerprint density at radius 2 is 1.86 bits per heavy atom. The zero-order valence-electron chi connectivity index (χ0n) is 13.4. The molecule has 5 heteroatoms. The molecule has 2 aromatic rings. The molecule has 1 aromatic heterocycles. The number of rotatable bonds is 3. The third-order valence-electron chi connectivity index (χ3n) is 4.43. The summed E-state index contributed by atoms with van der Waals surface area (Å²) in [6.45, 7) is 8.85. The van der Waals surface area contributed by atoms with Gasteiger partial charge in [0.2, 0.25) is 0 Å². The Labute approximate surface area is 129 Å². The summed E-state index contributed by atoms with van der Waals surface area (Å²) in [5.41, 5.74) is 3.53. The van der Waals surface area contributed by atoms with Crippen LogP contribution in [0.1, 0.15) is 35.3 Å². The second kappa shape index (κ2) is 5.41. The highest BCUT2D eigenvalue weighted by atomic mass is 16.7. The monoisotopic (exact) mass is 303 g/mol. The summed E-state index contributed by atoms with van der Waals surface area (Å²) in [7, 11) is 0. The molecule has 0 aliphatic carbocycles. The highest BCUT2D eigenvalue weighted by Gasteiger charge is 2.38. The van der Waals surface area contributed by atoms with Crippen molar-refractivity contribution in [1.29, 1.82) is 0 Å². The third kappa shape index (κ3) is 2.51. The van der Waals surface area contributed by atoms with E-state index in [0.717, 1.165) is 22.1 Å². The maximum Gasteiger partial charge on any atom is 0.255 e. The normalized spacial score (nSPS) is 18.5. The molecule has 1 atom stereocenters. The van der Waals surface area contributed by atoms with Crippen LogP contribution in [0.3, 0.4) is 0 Å². The molecular formula is C17H21NO4. The molecule has 3 rings (SSSR count). The summed E-state index contributed by atoms with van der Waals surface area (Å²) >= 11 is 0. The average molecular weight is 303 g/mol. The van der Waals surface area contributed by atoms with Gasteiger partial charge in [0.25, 0.3) is 5.91 Å². The maximum absolute atomic E-state index is 12.5. The van der Waals surface area contributed by atoms with Crippen molar-refractivity contribution in [3.05, 3.63) is 35.1 Å². The van der Waals surface area contributed by atoms with Gasteiger partial charge in [-0.25, -0.2) is 0 Å². The highest BCUT2D eigenvalue weighted by molar-refractivity contribution is 6.06. The smallest absolute Gasteiger partial charge is 0.255 e. The van der Waals surface area contributed by atoms with Crippen molar-refractivity contribution >= 4 is 16.9 Å². The fourth-order valence-electron chi connectivity index (χ4n) is 2.65. The lowest BCUT2D eigenvalue weighted by molar-refractivity contribution is -0.159. The van der Waals surface area contributed by atoms with E-state index in [4.69, 9.17) is 13.9 Å². The number of aryl methyl sites for hydroxylation is 2. The highest BCUT2D eigenvalue weighted by Crippen LogP contribution is 2.26. The van der Waals surface area contributed by atoms with Crippen LogP contribution < -0.4 is 5.32 Å². The van der Waals surface area contributed by atoms with E-state index in [-0.39, 0.29) is 11.9 Å². The van der Waals surface area contributed by atoms with Crippen LogP contribution in [-0.4, -0.2) is 30.9 Å². The fourth-order valence-corrected chi connectivity index (χ4v) is 2.65. The van der Waals surface area contributed by atoms with Crippen molar-refractivity contribution < 1.29 is 18.7 Å². The van der Waals surface area contributed by atoms with E-state index in [0.29, 0.717) is 18.8 Å². The molecule has 1 aliphatic heterocycles. The summed E-state index contributed by atoms with van der Waals surface area (Å²) in [5, 5.41) is 3.77. The Hall–Kier alpha value is -1.85. The van der Waals surface area contributed by atoms with Crippen molar-refractivity contribution in [3.8, 4) is 0 Å². The molecule has 1 aromatic carbocycles. The number of amides is 1. The number of furan rings is 1. The van der Waals surface area contributed by atoms with Crippen LogP contribution in [0.4, 0.5) is 0 Å². The van der Waals surface area contributed by atoms with Gasteiger partial charge in [-0.2, -0.15) is 0 Å². The number of fused-ring (bicyclic) bond motifs is 1. The summed E-state index contributed by atoms with van der Waals surface area (Å²) < 4.78 is 16.7. The van der Waals surface area contributed by atoms with Gasteiger partial charge in [-0.3, -0.25) is 4.79 Å². The second-order valence-corrected chi connectivity index (χ2v) is 5.99. The van der Waals surface area contributed by atoms with E-state index in [2.05, 4.69) is 5.32 Å². The van der Waals surface area contributed by atoms with Crippen LogP contribution in [0, 0.1) is 13.8 Å². The largest absolute Gasteiger partial charge is 0.463 e. The molecule has 0 saturated carbocycles. The molecule has 1 N–H and O–H groups in total. The molecule has 22 heavy (non-hydrogen) atoms. The average Bonchev–Trinajstić information content (AvgIpc) is 3.07. The lowest BCUT2D eigenvalue weighted by Gasteiger charge is -2.29. The molecule has 1 unspecified atom stereocenters. The molecule has 1 amide bonds. The van der Waals surface area contributed by atoms with Crippen molar-refractivity contribution in [2.24, 2.45) is 0 Å².